The van der Waals surface area contributed by atoms with E-state index >= 15 is 0 Å². The van der Waals surface area contributed by atoms with Crippen LogP contribution in [0.1, 0.15) is 16.8 Å². The van der Waals surface area contributed by atoms with Crippen molar-refractivity contribution < 1.29 is 19.4 Å². The van der Waals surface area contributed by atoms with Crippen LogP contribution in [0.4, 0.5) is 0 Å². The van der Waals surface area contributed by atoms with Crippen LogP contribution < -0.4 is 4.74 Å². The number of Topliss-reactive ketones (excluding diaryl/α,β-unsaturated/α-hetero) is 1. The van der Waals surface area contributed by atoms with Gasteiger partial charge in [-0.1, -0.05) is 0 Å². The molecule has 5 heteroatoms. The van der Waals surface area contributed by atoms with Gasteiger partial charge in [0, 0.05) is 31.6 Å². The van der Waals surface area contributed by atoms with Gasteiger partial charge in [-0.15, -0.1) is 0 Å². The highest BCUT2D eigenvalue weighted by Crippen LogP contribution is 2.26. The number of ether oxygens (including phenoxy) is 2. The predicted octanol–water partition coefficient (Wildman–Crippen LogP) is 1.31. The lowest BCUT2D eigenvalue weighted by Crippen LogP contribution is -2.37. The zero-order valence-electron chi connectivity index (χ0n) is 11.1. The molecule has 1 aliphatic rings. The number of rotatable bonds is 5. The van der Waals surface area contributed by atoms with Crippen molar-refractivity contribution in [2.45, 2.75) is 6.42 Å². The largest absolute Gasteiger partial charge is 0.504 e. The Kier molecular flexibility index (Phi) is 4.76. The molecule has 0 bridgehead atoms. The molecule has 19 heavy (non-hydrogen) atoms. The number of methoxy groups -OCH3 is 1. The molecule has 1 aliphatic heterocycles. The molecule has 0 aliphatic carbocycles. The molecule has 5 nitrogen and oxygen atoms in total. The SMILES string of the molecule is COc1cc(C(=O)CCN2CCOCC2)ccc1O. The number of carbonyl (C=O) groups is 1. The van der Waals surface area contributed by atoms with E-state index in [1.807, 2.05) is 0 Å². The van der Waals surface area contributed by atoms with Crippen LogP contribution in [0.2, 0.25) is 0 Å². The first-order valence-corrected chi connectivity index (χ1v) is 6.41. The third-order valence-corrected chi connectivity index (χ3v) is 3.26. The van der Waals surface area contributed by atoms with Crippen LogP contribution >= 0.6 is 0 Å². The van der Waals surface area contributed by atoms with Crippen LogP contribution in [0.5, 0.6) is 11.5 Å². The van der Waals surface area contributed by atoms with Gasteiger partial charge in [-0.2, -0.15) is 0 Å². The van der Waals surface area contributed by atoms with E-state index in [0.717, 1.165) is 32.8 Å². The molecular formula is C14H19NO4. The zero-order valence-corrected chi connectivity index (χ0v) is 11.1. The van der Waals surface area contributed by atoms with Gasteiger partial charge in [0.1, 0.15) is 0 Å². The summed E-state index contributed by atoms with van der Waals surface area (Å²) in [6, 6.07) is 4.69. The van der Waals surface area contributed by atoms with Crippen LogP contribution in [0.15, 0.2) is 18.2 Å². The van der Waals surface area contributed by atoms with Crippen LogP contribution in [0, 0.1) is 0 Å². The average molecular weight is 265 g/mol. The summed E-state index contributed by atoms with van der Waals surface area (Å²) in [5, 5.41) is 9.49. The van der Waals surface area contributed by atoms with Crippen molar-refractivity contribution in [1.82, 2.24) is 4.90 Å². The number of ketones is 1. The number of aromatic hydroxyl groups is 1. The van der Waals surface area contributed by atoms with E-state index in [1.165, 1.54) is 13.2 Å². The van der Waals surface area contributed by atoms with Gasteiger partial charge >= 0.3 is 0 Å². The van der Waals surface area contributed by atoms with Gasteiger partial charge in [-0.25, -0.2) is 0 Å². The number of phenols is 1. The molecule has 0 atom stereocenters. The molecule has 2 rings (SSSR count). The highest BCUT2D eigenvalue weighted by atomic mass is 16.5. The summed E-state index contributed by atoms with van der Waals surface area (Å²) in [5.74, 6) is 0.439. The van der Waals surface area contributed by atoms with Crippen molar-refractivity contribution in [2.75, 3.05) is 40.0 Å². The van der Waals surface area contributed by atoms with Crippen molar-refractivity contribution in [3.8, 4) is 11.5 Å². The van der Waals surface area contributed by atoms with E-state index in [-0.39, 0.29) is 11.5 Å². The Morgan fingerprint density at radius 3 is 2.84 bits per heavy atom. The maximum absolute atomic E-state index is 12.1. The van der Waals surface area contributed by atoms with E-state index in [9.17, 15) is 9.90 Å². The Morgan fingerprint density at radius 1 is 1.42 bits per heavy atom. The lowest BCUT2D eigenvalue weighted by molar-refractivity contribution is 0.0370. The minimum Gasteiger partial charge on any atom is -0.504 e. The van der Waals surface area contributed by atoms with E-state index < -0.39 is 0 Å². The van der Waals surface area contributed by atoms with Gasteiger partial charge in [-0.3, -0.25) is 9.69 Å². The molecule has 1 aromatic carbocycles. The second-order valence-corrected chi connectivity index (χ2v) is 4.51. The van der Waals surface area contributed by atoms with Gasteiger partial charge in [0.15, 0.2) is 17.3 Å². The molecule has 104 valence electrons. The molecule has 1 fully saturated rings. The smallest absolute Gasteiger partial charge is 0.164 e. The number of benzene rings is 1. The molecule has 1 aromatic rings. The highest BCUT2D eigenvalue weighted by Gasteiger charge is 2.14. The topological polar surface area (TPSA) is 59.0 Å². The molecule has 0 unspecified atom stereocenters. The number of hydrogen-bond acceptors (Lipinski definition) is 5. The number of carbonyl (C=O) groups excluding carboxylic acids is 1. The highest BCUT2D eigenvalue weighted by molar-refractivity contribution is 5.96. The molecule has 1 saturated heterocycles. The van der Waals surface area contributed by atoms with Crippen LogP contribution in [-0.4, -0.2) is 55.7 Å². The fourth-order valence-electron chi connectivity index (χ4n) is 2.08. The summed E-state index contributed by atoms with van der Waals surface area (Å²) in [6.07, 6.45) is 0.466. The number of hydrogen-bond donors (Lipinski definition) is 1. The molecule has 0 amide bonds. The lowest BCUT2D eigenvalue weighted by Gasteiger charge is -2.26. The second kappa shape index (κ2) is 6.54. The molecule has 0 aromatic heterocycles. The Morgan fingerprint density at radius 2 is 2.16 bits per heavy atom. The Bertz CT molecular complexity index is 441. The summed E-state index contributed by atoms with van der Waals surface area (Å²) in [6.45, 7) is 3.98. The Labute approximate surface area is 112 Å². The van der Waals surface area contributed by atoms with Crippen molar-refractivity contribution in [3.05, 3.63) is 23.8 Å². The average Bonchev–Trinajstić information content (AvgIpc) is 2.46. The van der Waals surface area contributed by atoms with E-state index in [1.54, 1.807) is 12.1 Å². The summed E-state index contributed by atoms with van der Waals surface area (Å²) in [4.78, 5) is 14.3. The van der Waals surface area contributed by atoms with Crippen molar-refractivity contribution in [2.24, 2.45) is 0 Å². The molecular weight excluding hydrogens is 246 g/mol. The summed E-state index contributed by atoms with van der Waals surface area (Å²) in [7, 11) is 1.47. The van der Waals surface area contributed by atoms with Gasteiger partial charge in [0.2, 0.25) is 0 Å². The second-order valence-electron chi connectivity index (χ2n) is 4.51. The summed E-state index contributed by atoms with van der Waals surface area (Å²) in [5.41, 5.74) is 0.572. The van der Waals surface area contributed by atoms with Crippen LogP contribution in [0.3, 0.4) is 0 Å². The number of morpholine rings is 1. The van der Waals surface area contributed by atoms with E-state index in [4.69, 9.17) is 9.47 Å². The standard InChI is InChI=1S/C14H19NO4/c1-18-14-10-11(2-3-13(14)17)12(16)4-5-15-6-8-19-9-7-15/h2-3,10,17H,4-9H2,1H3. The maximum Gasteiger partial charge on any atom is 0.164 e. The van der Waals surface area contributed by atoms with Crippen molar-refractivity contribution in [3.63, 3.8) is 0 Å². The van der Waals surface area contributed by atoms with E-state index in [0.29, 0.717) is 17.7 Å². The maximum atomic E-state index is 12.1. The lowest BCUT2D eigenvalue weighted by atomic mass is 10.1. The minimum atomic E-state index is 0.0484. The van der Waals surface area contributed by atoms with Crippen molar-refractivity contribution in [1.29, 1.82) is 0 Å². The first-order chi connectivity index (χ1) is 9.20. The number of phenolic OH excluding ortho intramolecular Hbond substituents is 1. The first-order valence-electron chi connectivity index (χ1n) is 6.41. The van der Waals surface area contributed by atoms with Crippen molar-refractivity contribution >= 4 is 5.78 Å². The Balaban J connectivity index is 1.92. The zero-order chi connectivity index (χ0) is 13.7. The molecule has 0 radical (unpaired) electrons. The van der Waals surface area contributed by atoms with E-state index in [2.05, 4.69) is 4.90 Å². The normalized spacial score (nSPS) is 16.3. The fourth-order valence-corrected chi connectivity index (χ4v) is 2.08. The summed E-state index contributed by atoms with van der Waals surface area (Å²) < 4.78 is 10.3. The molecule has 0 saturated carbocycles. The number of nitrogens with zero attached hydrogens (tertiary/aromatic N) is 1. The van der Waals surface area contributed by atoms with Gasteiger partial charge in [-0.05, 0) is 18.2 Å². The molecule has 1 N–H and O–H groups in total. The third kappa shape index (κ3) is 3.68. The monoisotopic (exact) mass is 265 g/mol. The van der Waals surface area contributed by atoms with Crippen LogP contribution in [0.25, 0.3) is 0 Å². The van der Waals surface area contributed by atoms with Crippen LogP contribution in [-0.2, 0) is 4.74 Å². The third-order valence-electron chi connectivity index (χ3n) is 3.26. The predicted molar refractivity (Wildman–Crippen MR) is 70.9 cm³/mol. The fraction of sp³-hybridized carbons (Fsp3) is 0.500. The summed E-state index contributed by atoms with van der Waals surface area (Å²) >= 11 is 0. The van der Waals surface area contributed by atoms with Gasteiger partial charge < -0.3 is 14.6 Å². The quantitative estimate of drug-likeness (QED) is 0.813. The van der Waals surface area contributed by atoms with Gasteiger partial charge in [0.05, 0.1) is 20.3 Å². The van der Waals surface area contributed by atoms with Gasteiger partial charge in [0.25, 0.3) is 0 Å². The first kappa shape index (κ1) is 13.8. The Hall–Kier alpha value is -1.59. The molecule has 1 heterocycles. The minimum absolute atomic E-state index is 0.0484. The molecule has 0 spiro atoms.